The zero-order chi connectivity index (χ0) is 40.4. The predicted octanol–water partition coefficient (Wildman–Crippen LogP) is -6.58. The van der Waals surface area contributed by atoms with Crippen LogP contribution in [-0.2, 0) is 47.5 Å². The Morgan fingerprint density at radius 2 is 0.833 bits per heavy atom. The van der Waals surface area contributed by atoms with Crippen LogP contribution in [0.25, 0.3) is 0 Å². The van der Waals surface area contributed by atoms with Gasteiger partial charge in [0.2, 0.25) is 17.7 Å². The van der Waals surface area contributed by atoms with E-state index in [1.54, 1.807) is 0 Å². The van der Waals surface area contributed by atoms with Gasteiger partial charge in [0.25, 0.3) is 0 Å². The smallest absolute Gasteiger partial charge is 0.249 e. The first-order valence-electron chi connectivity index (χ1n) is 17.7. The van der Waals surface area contributed by atoms with Crippen LogP contribution < -0.4 is 16.0 Å². The molecule has 3 aliphatic heterocycles. The Balaban J connectivity index is 1.94. The molecule has 3 aliphatic rings. The van der Waals surface area contributed by atoms with Gasteiger partial charge < -0.3 is 95.1 Å². The van der Waals surface area contributed by atoms with E-state index in [1.165, 1.54) is 35.0 Å². The summed E-state index contributed by atoms with van der Waals surface area (Å²) >= 11 is 0. The summed E-state index contributed by atoms with van der Waals surface area (Å²) in [5.74, 6) is -2.77. The van der Waals surface area contributed by atoms with Gasteiger partial charge in [0.1, 0.15) is 54.9 Å². The predicted molar refractivity (Wildman–Crippen MR) is 177 cm³/mol. The number of ether oxygens (including phenoxy) is 7. The summed E-state index contributed by atoms with van der Waals surface area (Å²) in [4.78, 5) is 37.9. The second kappa shape index (κ2) is 21.3. The van der Waals surface area contributed by atoms with Gasteiger partial charge in [-0.3, -0.25) is 14.4 Å². The average Bonchev–Trinajstić information content (AvgIpc) is 3.12. The third-order valence-electron chi connectivity index (χ3n) is 9.61. The van der Waals surface area contributed by atoms with E-state index >= 15 is 0 Å². The molecule has 3 rings (SSSR count). The SMILES string of the molecule is CO[C@H]1O[C@H](C)[C@@H](NC(=O)C(O)CCO)[C@H](O)[C@@H]1O[C@H]1O[C@H](C)[C@@H](NC(=O)C(O)CCO)[C@H](O)[C@@H]1O[C@H]1O[C@H](C)[C@@H](NC(=O)C(O)CCO)[C@H](O)[C@@H]1OC. The van der Waals surface area contributed by atoms with Crippen molar-refractivity contribution in [3.05, 3.63) is 0 Å². The van der Waals surface area contributed by atoms with E-state index in [4.69, 9.17) is 43.4 Å². The fourth-order valence-corrected chi connectivity index (χ4v) is 6.46. The van der Waals surface area contributed by atoms with Crippen molar-refractivity contribution in [2.45, 2.75) is 150 Å². The molecule has 0 aromatic heterocycles. The molecule has 0 radical (unpaired) electrons. The van der Waals surface area contributed by atoms with E-state index in [1.807, 2.05) is 0 Å². The van der Waals surface area contributed by atoms with E-state index in [2.05, 4.69) is 16.0 Å². The number of carbonyl (C=O) groups is 3. The highest BCUT2D eigenvalue weighted by molar-refractivity contribution is 5.81. The van der Waals surface area contributed by atoms with Crippen LogP contribution in [0.5, 0.6) is 0 Å². The fraction of sp³-hybridized carbons (Fsp3) is 0.906. The first kappa shape index (κ1) is 46.2. The van der Waals surface area contributed by atoms with Crippen LogP contribution in [0, 0.1) is 0 Å². The molecular formula is C32H57N3O19. The van der Waals surface area contributed by atoms with Gasteiger partial charge in [-0.2, -0.15) is 0 Å². The average molecular weight is 788 g/mol. The van der Waals surface area contributed by atoms with Crippen molar-refractivity contribution in [1.82, 2.24) is 16.0 Å². The molecule has 3 unspecified atom stereocenters. The monoisotopic (exact) mass is 787 g/mol. The van der Waals surface area contributed by atoms with Crippen LogP contribution in [-0.4, -0.2) is 208 Å². The maximum absolute atomic E-state index is 12.8. The summed E-state index contributed by atoms with van der Waals surface area (Å²) in [7, 11) is 2.45. The van der Waals surface area contributed by atoms with Gasteiger partial charge in [0.05, 0.1) is 36.4 Å². The topological polar surface area (TPSA) is 334 Å². The number of nitrogens with one attached hydrogen (secondary N) is 3. The summed E-state index contributed by atoms with van der Waals surface area (Å²) in [6, 6.07) is -3.66. The van der Waals surface area contributed by atoms with E-state index in [-0.39, 0.29) is 19.3 Å². The molecule has 314 valence electrons. The fourth-order valence-electron chi connectivity index (χ4n) is 6.46. The number of rotatable bonds is 18. The summed E-state index contributed by atoms with van der Waals surface area (Å²) in [5.41, 5.74) is 0. The minimum absolute atomic E-state index is 0.264. The minimum Gasteiger partial charge on any atom is -0.396 e. The molecule has 0 aromatic carbocycles. The number of hydrogen-bond acceptors (Lipinski definition) is 19. The standard InChI is InChI=1S/C32H57N3O19/c1-12-19(34-28(46)16(40)7-10-37)22(43)25(30(49-5)50-12)53-32-26(23(44)20(14(3)52-32)35-29(47)17(41)8-11-38)54-31-24(48-4)21(42)18(13(2)51-31)33-27(45)15(39)6-9-36/h12-26,30-32,36-44H,6-11H2,1-5H3,(H,33,45)(H,34,46)(H,35,47)/t12-,13-,14-,15?,16?,17?,18-,19-,20-,21+,22+,23+,24+,25+,26+,30+,31-,32-/m1/s1. The lowest BCUT2D eigenvalue weighted by Gasteiger charge is -2.50. The molecule has 0 saturated carbocycles. The zero-order valence-electron chi connectivity index (χ0n) is 30.7. The largest absolute Gasteiger partial charge is 0.396 e. The van der Waals surface area contributed by atoms with Crippen LogP contribution in [0.2, 0.25) is 0 Å². The molecule has 3 fully saturated rings. The van der Waals surface area contributed by atoms with Crippen molar-refractivity contribution in [2.75, 3.05) is 34.0 Å². The van der Waals surface area contributed by atoms with Gasteiger partial charge in [0, 0.05) is 53.3 Å². The Bertz CT molecular complexity index is 1190. The molecule has 12 N–H and O–H groups in total. The third-order valence-corrected chi connectivity index (χ3v) is 9.61. The van der Waals surface area contributed by atoms with Gasteiger partial charge >= 0.3 is 0 Å². The quantitative estimate of drug-likeness (QED) is 0.0614. The van der Waals surface area contributed by atoms with Crippen molar-refractivity contribution in [3.63, 3.8) is 0 Å². The Morgan fingerprint density at radius 1 is 0.537 bits per heavy atom. The van der Waals surface area contributed by atoms with Crippen LogP contribution >= 0.6 is 0 Å². The normalized spacial score (nSPS) is 38.9. The number of carbonyl (C=O) groups excluding carboxylic acids is 3. The van der Waals surface area contributed by atoms with Crippen LogP contribution in [0.15, 0.2) is 0 Å². The highest BCUT2D eigenvalue weighted by Gasteiger charge is 2.54. The van der Waals surface area contributed by atoms with Crippen LogP contribution in [0.3, 0.4) is 0 Å². The molecule has 3 amide bonds. The molecule has 0 spiro atoms. The van der Waals surface area contributed by atoms with Gasteiger partial charge in [-0.1, -0.05) is 0 Å². The number of hydrogen-bond donors (Lipinski definition) is 12. The molecule has 18 atom stereocenters. The summed E-state index contributed by atoms with van der Waals surface area (Å²) in [5, 5.41) is 99.6. The Morgan fingerprint density at radius 3 is 1.15 bits per heavy atom. The number of aliphatic hydroxyl groups excluding tert-OH is 9. The van der Waals surface area contributed by atoms with E-state index in [9.17, 15) is 50.1 Å². The van der Waals surface area contributed by atoms with Crippen molar-refractivity contribution in [3.8, 4) is 0 Å². The van der Waals surface area contributed by atoms with Crippen molar-refractivity contribution in [1.29, 1.82) is 0 Å². The van der Waals surface area contributed by atoms with E-state index < -0.39 is 148 Å². The first-order valence-corrected chi connectivity index (χ1v) is 17.7. The minimum atomic E-state index is -1.74. The molecule has 3 heterocycles. The summed E-state index contributed by atoms with van der Waals surface area (Å²) in [6.45, 7) is 2.97. The highest BCUT2D eigenvalue weighted by Crippen LogP contribution is 2.34. The van der Waals surface area contributed by atoms with Gasteiger partial charge in [-0.05, 0) is 20.8 Å². The van der Waals surface area contributed by atoms with Crippen LogP contribution in [0.1, 0.15) is 40.0 Å². The zero-order valence-corrected chi connectivity index (χ0v) is 30.7. The maximum atomic E-state index is 12.8. The second-order valence-electron chi connectivity index (χ2n) is 13.4. The maximum Gasteiger partial charge on any atom is 0.249 e. The van der Waals surface area contributed by atoms with Gasteiger partial charge in [-0.25, -0.2) is 0 Å². The number of methoxy groups -OCH3 is 2. The molecular weight excluding hydrogens is 730 g/mol. The third kappa shape index (κ3) is 11.2. The lowest BCUT2D eigenvalue weighted by Crippen LogP contribution is -2.70. The number of amides is 3. The summed E-state index contributed by atoms with van der Waals surface area (Å²) < 4.78 is 41.1. The van der Waals surface area contributed by atoms with Crippen molar-refractivity contribution < 1.29 is 93.5 Å². The van der Waals surface area contributed by atoms with Gasteiger partial charge in [0.15, 0.2) is 18.9 Å². The second-order valence-corrected chi connectivity index (χ2v) is 13.4. The van der Waals surface area contributed by atoms with E-state index in [0.717, 1.165) is 0 Å². The Kier molecular flexibility index (Phi) is 18.2. The molecule has 0 aliphatic carbocycles. The van der Waals surface area contributed by atoms with Gasteiger partial charge in [-0.15, -0.1) is 0 Å². The number of aliphatic hydroxyl groups is 9. The molecule has 3 saturated heterocycles. The molecule has 0 aromatic rings. The van der Waals surface area contributed by atoms with Crippen LogP contribution in [0.4, 0.5) is 0 Å². The van der Waals surface area contributed by atoms with Crippen molar-refractivity contribution >= 4 is 17.7 Å². The Labute approximate surface area is 311 Å². The lowest BCUT2D eigenvalue weighted by molar-refractivity contribution is -0.374. The summed E-state index contributed by atoms with van der Waals surface area (Å²) in [6.07, 6.45) is -22.6. The van der Waals surface area contributed by atoms with E-state index in [0.29, 0.717) is 0 Å². The molecule has 22 heteroatoms. The first-order chi connectivity index (χ1) is 25.5. The molecule has 22 nitrogen and oxygen atoms in total. The molecule has 0 bridgehead atoms. The molecule has 54 heavy (non-hydrogen) atoms. The van der Waals surface area contributed by atoms with Crippen molar-refractivity contribution in [2.24, 2.45) is 0 Å². The Hall–Kier alpha value is -2.23. The highest BCUT2D eigenvalue weighted by atomic mass is 16.8. The lowest BCUT2D eigenvalue weighted by atomic mass is 9.93.